The van der Waals surface area contributed by atoms with Gasteiger partial charge in [-0.1, -0.05) is 11.6 Å². The monoisotopic (exact) mass is 493 g/mol. The maximum absolute atomic E-state index is 13.8. The molecule has 1 saturated heterocycles. The highest BCUT2D eigenvalue weighted by Crippen LogP contribution is 2.42. The molecule has 0 radical (unpaired) electrons. The minimum absolute atomic E-state index is 0.0129. The number of primary amides is 1. The highest BCUT2D eigenvalue weighted by molar-refractivity contribution is 6.34. The average Bonchev–Trinajstić information content (AvgIpc) is 3.23. The van der Waals surface area contributed by atoms with Gasteiger partial charge >= 0.3 is 6.18 Å². The van der Waals surface area contributed by atoms with Crippen molar-refractivity contribution < 1.29 is 22.8 Å². The Hall–Kier alpha value is -3.38. The number of halogens is 4. The third-order valence-electron chi connectivity index (χ3n) is 6.32. The van der Waals surface area contributed by atoms with Crippen LogP contribution < -0.4 is 16.4 Å². The second-order valence-corrected chi connectivity index (χ2v) is 8.78. The van der Waals surface area contributed by atoms with E-state index < -0.39 is 17.8 Å². The number of amides is 2. The van der Waals surface area contributed by atoms with Crippen molar-refractivity contribution in [3.63, 3.8) is 0 Å². The predicted octanol–water partition coefficient (Wildman–Crippen LogP) is 1.99. The Kier molecular flexibility index (Phi) is 5.17. The van der Waals surface area contributed by atoms with Crippen LogP contribution in [0, 0.1) is 11.8 Å². The summed E-state index contributed by atoms with van der Waals surface area (Å²) in [5.74, 6) is -0.548. The van der Waals surface area contributed by atoms with E-state index in [9.17, 15) is 22.8 Å². The number of rotatable bonds is 5. The van der Waals surface area contributed by atoms with E-state index in [4.69, 9.17) is 17.3 Å². The summed E-state index contributed by atoms with van der Waals surface area (Å²) in [5.41, 5.74) is 4.23. The van der Waals surface area contributed by atoms with Gasteiger partial charge in [0.15, 0.2) is 11.5 Å². The first-order valence-electron chi connectivity index (χ1n) is 10.4. The molecule has 2 unspecified atom stereocenters. The molecule has 2 atom stereocenters. The summed E-state index contributed by atoms with van der Waals surface area (Å²) < 4.78 is 43.4. The van der Waals surface area contributed by atoms with E-state index in [-0.39, 0.29) is 45.3 Å². The van der Waals surface area contributed by atoms with Crippen LogP contribution in [-0.4, -0.2) is 50.3 Å². The molecule has 9 nitrogen and oxygen atoms in total. The van der Waals surface area contributed by atoms with Crippen molar-refractivity contribution in [2.24, 2.45) is 24.6 Å². The molecular weight excluding hydrogens is 475 g/mol. The Bertz CT molecular complexity index is 1310. The molecule has 2 amide bonds. The molecule has 0 spiro atoms. The fourth-order valence-corrected chi connectivity index (χ4v) is 4.74. The zero-order chi connectivity index (χ0) is 24.4. The van der Waals surface area contributed by atoms with Gasteiger partial charge < -0.3 is 20.9 Å². The van der Waals surface area contributed by atoms with Crippen LogP contribution in [0.3, 0.4) is 0 Å². The number of hydrogen-bond acceptors (Lipinski definition) is 5. The SMILES string of the molecule is Cn1c(-c2cn(-c3ccc(C(=O)NC4C5CNCC54)c(Cl)c3)nc2C(F)(F)F)cnc1C(N)=O. The fraction of sp³-hybridized carbons (Fsp3) is 0.333. The molecular formula is C21H19ClF3N7O2. The molecule has 3 heterocycles. The summed E-state index contributed by atoms with van der Waals surface area (Å²) in [4.78, 5) is 27.9. The number of nitrogens with two attached hydrogens (primary N) is 1. The lowest BCUT2D eigenvalue weighted by Crippen LogP contribution is -2.32. The van der Waals surface area contributed by atoms with Gasteiger partial charge in [-0.15, -0.1) is 0 Å². The summed E-state index contributed by atoms with van der Waals surface area (Å²) in [7, 11) is 1.38. The van der Waals surface area contributed by atoms with Gasteiger partial charge in [-0.05, 0) is 30.0 Å². The van der Waals surface area contributed by atoms with Crippen molar-refractivity contribution in [2.45, 2.75) is 12.2 Å². The van der Waals surface area contributed by atoms with E-state index >= 15 is 0 Å². The van der Waals surface area contributed by atoms with Gasteiger partial charge in [-0.25, -0.2) is 9.67 Å². The van der Waals surface area contributed by atoms with Gasteiger partial charge in [0, 0.05) is 32.4 Å². The average molecular weight is 494 g/mol. The Morgan fingerprint density at radius 3 is 2.56 bits per heavy atom. The summed E-state index contributed by atoms with van der Waals surface area (Å²) in [6.07, 6.45) is -2.49. The number of carbonyl (C=O) groups excluding carboxylic acids is 2. The lowest BCUT2D eigenvalue weighted by molar-refractivity contribution is -0.140. The molecule has 5 rings (SSSR count). The maximum Gasteiger partial charge on any atom is 0.435 e. The number of nitrogens with zero attached hydrogens (tertiary/aromatic N) is 4. The lowest BCUT2D eigenvalue weighted by Gasteiger charge is -2.10. The molecule has 3 aromatic rings. The summed E-state index contributed by atoms with van der Waals surface area (Å²) in [5, 5.41) is 10.00. The lowest BCUT2D eigenvalue weighted by atomic mass is 10.1. The van der Waals surface area contributed by atoms with E-state index in [0.29, 0.717) is 11.8 Å². The van der Waals surface area contributed by atoms with Crippen LogP contribution in [0.4, 0.5) is 13.2 Å². The molecule has 1 aromatic carbocycles. The largest absolute Gasteiger partial charge is 0.435 e. The Morgan fingerprint density at radius 2 is 1.97 bits per heavy atom. The minimum atomic E-state index is -4.78. The maximum atomic E-state index is 13.8. The predicted molar refractivity (Wildman–Crippen MR) is 115 cm³/mol. The van der Waals surface area contributed by atoms with Crippen LogP contribution in [0.25, 0.3) is 16.9 Å². The van der Waals surface area contributed by atoms with Crippen molar-refractivity contribution in [1.29, 1.82) is 0 Å². The van der Waals surface area contributed by atoms with Gasteiger partial charge in [-0.2, -0.15) is 18.3 Å². The number of aromatic nitrogens is 4. The van der Waals surface area contributed by atoms with Gasteiger partial charge in [-0.3, -0.25) is 9.59 Å². The molecule has 2 aromatic heterocycles. The molecule has 2 aliphatic rings. The number of hydrogen-bond donors (Lipinski definition) is 3. The molecule has 34 heavy (non-hydrogen) atoms. The van der Waals surface area contributed by atoms with Crippen LogP contribution in [-0.2, 0) is 13.2 Å². The summed E-state index contributed by atoms with van der Waals surface area (Å²) in [6.45, 7) is 1.73. The van der Waals surface area contributed by atoms with Gasteiger partial charge in [0.1, 0.15) is 0 Å². The molecule has 1 saturated carbocycles. The number of benzene rings is 1. The highest BCUT2D eigenvalue weighted by Gasteiger charge is 2.53. The van der Waals surface area contributed by atoms with Gasteiger partial charge in [0.2, 0.25) is 0 Å². The third-order valence-corrected chi connectivity index (χ3v) is 6.63. The Balaban J connectivity index is 1.46. The van der Waals surface area contributed by atoms with Crippen molar-refractivity contribution in [1.82, 2.24) is 30.0 Å². The van der Waals surface area contributed by atoms with Crippen LogP contribution in [0.1, 0.15) is 26.7 Å². The molecule has 178 valence electrons. The summed E-state index contributed by atoms with van der Waals surface area (Å²) in [6, 6.07) is 4.40. The van der Waals surface area contributed by atoms with Crippen molar-refractivity contribution in [3.05, 3.63) is 52.7 Å². The van der Waals surface area contributed by atoms with Gasteiger partial charge in [0.25, 0.3) is 11.8 Å². The second kappa shape index (κ2) is 7.84. The minimum Gasteiger partial charge on any atom is -0.363 e. The number of fused-ring (bicyclic) bond motifs is 1. The highest BCUT2D eigenvalue weighted by atomic mass is 35.5. The van der Waals surface area contributed by atoms with Gasteiger partial charge in [0.05, 0.1) is 33.7 Å². The number of piperidine rings is 1. The Labute approximate surface area is 196 Å². The van der Waals surface area contributed by atoms with Crippen LogP contribution >= 0.6 is 11.6 Å². The van der Waals surface area contributed by atoms with E-state index in [1.807, 2.05) is 0 Å². The van der Waals surface area contributed by atoms with E-state index in [1.54, 1.807) is 0 Å². The van der Waals surface area contributed by atoms with Crippen LogP contribution in [0.15, 0.2) is 30.6 Å². The van der Waals surface area contributed by atoms with E-state index in [0.717, 1.165) is 30.2 Å². The van der Waals surface area contributed by atoms with Crippen molar-refractivity contribution >= 4 is 23.4 Å². The number of carbonyl (C=O) groups is 2. The smallest absolute Gasteiger partial charge is 0.363 e. The summed E-state index contributed by atoms with van der Waals surface area (Å²) >= 11 is 6.31. The fourth-order valence-electron chi connectivity index (χ4n) is 4.48. The molecule has 4 N–H and O–H groups in total. The molecule has 13 heteroatoms. The van der Waals surface area contributed by atoms with Crippen molar-refractivity contribution in [2.75, 3.05) is 13.1 Å². The number of nitrogens with one attached hydrogen (secondary N) is 2. The molecule has 2 fully saturated rings. The molecule has 1 aliphatic carbocycles. The molecule has 1 aliphatic heterocycles. The first-order chi connectivity index (χ1) is 16.1. The molecule has 0 bridgehead atoms. The first-order valence-corrected chi connectivity index (χ1v) is 10.7. The zero-order valence-electron chi connectivity index (χ0n) is 17.7. The quantitative estimate of drug-likeness (QED) is 0.502. The zero-order valence-corrected chi connectivity index (χ0v) is 18.5. The normalized spacial score (nSPS) is 21.4. The third kappa shape index (κ3) is 3.72. The topological polar surface area (TPSA) is 120 Å². The van der Waals surface area contributed by atoms with Crippen LogP contribution in [0.2, 0.25) is 5.02 Å². The van der Waals surface area contributed by atoms with Crippen molar-refractivity contribution in [3.8, 4) is 16.9 Å². The number of imidazole rings is 1. The number of alkyl halides is 3. The standard InChI is InChI=1S/C21H19ClF3N7O2/c1-31-15(7-28-19(31)18(26)33)13-8-32(30-17(13)21(23,24)25)9-2-3-10(14(22)4-9)20(34)29-16-11-5-27-6-12(11)16/h2-4,7-8,11-12,16,27H,5-6H2,1H3,(H2,26,33)(H,29,34). The first kappa shape index (κ1) is 22.4. The Morgan fingerprint density at radius 1 is 1.26 bits per heavy atom. The van der Waals surface area contributed by atoms with Crippen LogP contribution in [0.5, 0.6) is 0 Å². The van der Waals surface area contributed by atoms with E-state index in [1.165, 1.54) is 29.8 Å². The second-order valence-electron chi connectivity index (χ2n) is 8.37. The van der Waals surface area contributed by atoms with E-state index in [2.05, 4.69) is 20.7 Å².